The number of nitrogens with zero attached hydrogens (tertiary/aromatic N) is 2. The van der Waals surface area contributed by atoms with Gasteiger partial charge in [-0.3, -0.25) is 4.79 Å². The highest BCUT2D eigenvalue weighted by Crippen LogP contribution is 2.22. The van der Waals surface area contributed by atoms with E-state index in [1.807, 2.05) is 43.3 Å². The van der Waals surface area contributed by atoms with Crippen molar-refractivity contribution in [3.63, 3.8) is 0 Å². The van der Waals surface area contributed by atoms with E-state index in [9.17, 15) is 4.79 Å². The minimum absolute atomic E-state index is 0.129. The van der Waals surface area contributed by atoms with Crippen LogP contribution in [0.2, 0.25) is 0 Å². The van der Waals surface area contributed by atoms with Gasteiger partial charge in [0.2, 0.25) is 0 Å². The predicted octanol–water partition coefficient (Wildman–Crippen LogP) is 3.97. The Hall–Kier alpha value is -2.82. The van der Waals surface area contributed by atoms with Crippen molar-refractivity contribution in [2.45, 2.75) is 26.7 Å². The molecular weight excluding hydrogens is 302 g/mol. The van der Waals surface area contributed by atoms with Crippen LogP contribution in [0.3, 0.4) is 0 Å². The standard InChI is InChI=1S/C19H21N3O2/c1-3-4-10-20-19(23)17-13-16(18-9-6-11-24-18)21-22(17)15-8-5-7-14(2)12-15/h5-9,11-13H,3-4,10H2,1-2H3,(H,20,23). The van der Waals surface area contributed by atoms with Crippen molar-refractivity contribution in [1.82, 2.24) is 15.1 Å². The first-order valence-corrected chi connectivity index (χ1v) is 8.18. The van der Waals surface area contributed by atoms with Crippen molar-refractivity contribution >= 4 is 5.91 Å². The van der Waals surface area contributed by atoms with Gasteiger partial charge in [-0.2, -0.15) is 5.10 Å². The topological polar surface area (TPSA) is 60.1 Å². The molecule has 0 bridgehead atoms. The van der Waals surface area contributed by atoms with Gasteiger partial charge in [0, 0.05) is 12.6 Å². The molecule has 0 spiro atoms. The fourth-order valence-corrected chi connectivity index (χ4v) is 2.51. The van der Waals surface area contributed by atoms with Crippen LogP contribution in [-0.4, -0.2) is 22.2 Å². The first-order chi connectivity index (χ1) is 11.7. The van der Waals surface area contributed by atoms with Crippen molar-refractivity contribution in [3.05, 3.63) is 60.0 Å². The number of hydrogen-bond acceptors (Lipinski definition) is 3. The molecule has 0 aliphatic heterocycles. The second kappa shape index (κ2) is 7.17. The molecule has 0 aliphatic carbocycles. The Bertz CT molecular complexity index is 819. The third-order valence-corrected chi connectivity index (χ3v) is 3.78. The predicted molar refractivity (Wildman–Crippen MR) is 93.2 cm³/mol. The molecule has 0 aliphatic rings. The maximum absolute atomic E-state index is 12.6. The van der Waals surface area contributed by atoms with E-state index in [1.165, 1.54) is 0 Å². The van der Waals surface area contributed by atoms with Gasteiger partial charge in [0.05, 0.1) is 12.0 Å². The van der Waals surface area contributed by atoms with E-state index >= 15 is 0 Å². The third kappa shape index (κ3) is 3.40. The molecule has 1 N–H and O–H groups in total. The Morgan fingerprint density at radius 2 is 2.12 bits per heavy atom. The van der Waals surface area contributed by atoms with Gasteiger partial charge in [0.25, 0.3) is 5.91 Å². The van der Waals surface area contributed by atoms with Gasteiger partial charge in [0.1, 0.15) is 11.4 Å². The van der Waals surface area contributed by atoms with Crippen molar-refractivity contribution in [1.29, 1.82) is 0 Å². The quantitative estimate of drug-likeness (QED) is 0.698. The molecule has 0 fully saturated rings. The van der Waals surface area contributed by atoms with Crippen LogP contribution in [0.25, 0.3) is 17.1 Å². The van der Waals surface area contributed by atoms with Gasteiger partial charge in [-0.25, -0.2) is 4.68 Å². The minimum Gasteiger partial charge on any atom is -0.463 e. The van der Waals surface area contributed by atoms with Crippen molar-refractivity contribution in [2.24, 2.45) is 0 Å². The number of aromatic nitrogens is 2. The lowest BCUT2D eigenvalue weighted by molar-refractivity contribution is 0.0945. The largest absolute Gasteiger partial charge is 0.463 e. The first kappa shape index (κ1) is 16.1. The average molecular weight is 323 g/mol. The van der Waals surface area contributed by atoms with Gasteiger partial charge in [-0.15, -0.1) is 0 Å². The molecule has 2 aromatic heterocycles. The lowest BCUT2D eigenvalue weighted by Gasteiger charge is -2.08. The molecule has 5 heteroatoms. The van der Waals surface area contributed by atoms with Gasteiger partial charge >= 0.3 is 0 Å². The molecule has 0 unspecified atom stereocenters. The molecule has 24 heavy (non-hydrogen) atoms. The Balaban J connectivity index is 2.00. The Labute approximate surface area is 141 Å². The van der Waals surface area contributed by atoms with Crippen LogP contribution in [-0.2, 0) is 0 Å². The number of rotatable bonds is 6. The molecule has 124 valence electrons. The smallest absolute Gasteiger partial charge is 0.270 e. The van der Waals surface area contributed by atoms with Gasteiger partial charge < -0.3 is 9.73 Å². The lowest BCUT2D eigenvalue weighted by Crippen LogP contribution is -2.26. The highest BCUT2D eigenvalue weighted by molar-refractivity contribution is 5.94. The summed E-state index contributed by atoms with van der Waals surface area (Å²) < 4.78 is 7.09. The third-order valence-electron chi connectivity index (χ3n) is 3.78. The number of furan rings is 1. The molecule has 0 saturated heterocycles. The molecule has 0 atom stereocenters. The summed E-state index contributed by atoms with van der Waals surface area (Å²) in [5, 5.41) is 7.53. The Kier molecular flexibility index (Phi) is 4.79. The Morgan fingerprint density at radius 1 is 1.25 bits per heavy atom. The summed E-state index contributed by atoms with van der Waals surface area (Å²) in [5.74, 6) is 0.513. The zero-order valence-electron chi connectivity index (χ0n) is 14.0. The summed E-state index contributed by atoms with van der Waals surface area (Å²) in [6, 6.07) is 13.3. The van der Waals surface area contributed by atoms with E-state index < -0.39 is 0 Å². The number of aryl methyl sites for hydroxylation is 1. The first-order valence-electron chi connectivity index (χ1n) is 8.18. The van der Waals surface area contributed by atoms with Crippen LogP contribution in [0.5, 0.6) is 0 Å². The highest BCUT2D eigenvalue weighted by atomic mass is 16.3. The van der Waals surface area contributed by atoms with Crippen molar-refractivity contribution in [3.8, 4) is 17.1 Å². The second-order valence-corrected chi connectivity index (χ2v) is 5.75. The second-order valence-electron chi connectivity index (χ2n) is 5.75. The summed E-state index contributed by atoms with van der Waals surface area (Å²) in [7, 11) is 0. The van der Waals surface area contributed by atoms with Gasteiger partial charge in [0.15, 0.2) is 5.76 Å². The van der Waals surface area contributed by atoms with Gasteiger partial charge in [-0.05, 0) is 43.2 Å². The summed E-state index contributed by atoms with van der Waals surface area (Å²) in [6.07, 6.45) is 3.59. The number of amides is 1. The highest BCUT2D eigenvalue weighted by Gasteiger charge is 2.18. The molecule has 0 saturated carbocycles. The fourth-order valence-electron chi connectivity index (χ4n) is 2.51. The van der Waals surface area contributed by atoms with Crippen LogP contribution < -0.4 is 5.32 Å². The van der Waals surface area contributed by atoms with Crippen molar-refractivity contribution < 1.29 is 9.21 Å². The maximum atomic E-state index is 12.6. The van der Waals surface area contributed by atoms with Crippen LogP contribution in [0, 0.1) is 6.92 Å². The molecular formula is C19H21N3O2. The number of hydrogen-bond donors (Lipinski definition) is 1. The number of carbonyl (C=O) groups is 1. The van der Waals surface area contributed by atoms with E-state index in [-0.39, 0.29) is 5.91 Å². The lowest BCUT2D eigenvalue weighted by atomic mass is 10.2. The molecule has 2 heterocycles. The summed E-state index contributed by atoms with van der Waals surface area (Å²) in [4.78, 5) is 12.6. The van der Waals surface area contributed by atoms with E-state index in [4.69, 9.17) is 4.42 Å². The molecule has 0 radical (unpaired) electrons. The SMILES string of the molecule is CCCCNC(=O)c1cc(-c2ccco2)nn1-c1cccc(C)c1. The van der Waals surface area contributed by atoms with E-state index in [0.717, 1.165) is 24.1 Å². The van der Waals surface area contributed by atoms with Crippen LogP contribution in [0.1, 0.15) is 35.8 Å². The fraction of sp³-hybridized carbons (Fsp3) is 0.263. The number of unbranched alkanes of at least 4 members (excludes halogenated alkanes) is 1. The zero-order chi connectivity index (χ0) is 16.9. The van der Waals surface area contributed by atoms with E-state index in [0.29, 0.717) is 23.7 Å². The van der Waals surface area contributed by atoms with E-state index in [2.05, 4.69) is 17.3 Å². The Morgan fingerprint density at radius 3 is 2.83 bits per heavy atom. The van der Waals surface area contributed by atoms with Crippen LogP contribution in [0.15, 0.2) is 53.1 Å². The zero-order valence-corrected chi connectivity index (χ0v) is 14.0. The van der Waals surface area contributed by atoms with Crippen LogP contribution >= 0.6 is 0 Å². The van der Waals surface area contributed by atoms with Crippen molar-refractivity contribution in [2.75, 3.05) is 6.54 Å². The van der Waals surface area contributed by atoms with Gasteiger partial charge in [-0.1, -0.05) is 25.5 Å². The monoisotopic (exact) mass is 323 g/mol. The normalized spacial score (nSPS) is 10.8. The molecule has 1 aromatic carbocycles. The summed E-state index contributed by atoms with van der Waals surface area (Å²) in [5.41, 5.74) is 3.11. The molecule has 5 nitrogen and oxygen atoms in total. The molecule has 3 aromatic rings. The molecule has 1 amide bonds. The van der Waals surface area contributed by atoms with Crippen LogP contribution in [0.4, 0.5) is 0 Å². The van der Waals surface area contributed by atoms with E-state index in [1.54, 1.807) is 17.0 Å². The number of nitrogens with one attached hydrogen (secondary N) is 1. The minimum atomic E-state index is -0.129. The average Bonchev–Trinajstić information content (AvgIpc) is 3.24. The number of benzene rings is 1. The number of carbonyl (C=O) groups excluding carboxylic acids is 1. The molecule has 3 rings (SSSR count). The summed E-state index contributed by atoms with van der Waals surface area (Å²) in [6.45, 7) is 4.77. The summed E-state index contributed by atoms with van der Waals surface area (Å²) >= 11 is 0. The maximum Gasteiger partial charge on any atom is 0.270 e.